The van der Waals surface area contributed by atoms with Crippen LogP contribution in [0.25, 0.3) is 11.4 Å². The molecule has 1 heterocycles. The van der Waals surface area contributed by atoms with Gasteiger partial charge < -0.3 is 5.11 Å². The Morgan fingerprint density at radius 1 is 1.15 bits per heavy atom. The van der Waals surface area contributed by atoms with Crippen LogP contribution >= 0.6 is 12.3 Å². The van der Waals surface area contributed by atoms with Crippen molar-refractivity contribution >= 4 is 12.3 Å². The quantitative estimate of drug-likeness (QED) is 0.943. The Balaban J connectivity index is 1.78. The molecule has 1 aliphatic rings. The predicted molar refractivity (Wildman–Crippen MR) is 76.8 cm³/mol. The molecular formula is C14H16FN3OS. The number of benzene rings is 1. The van der Waals surface area contributed by atoms with Crippen LogP contribution in [-0.2, 0) is 0 Å². The standard InChI is InChI=1S/C14H16FN3OS/c15-20-18-9-16-17-14(18)12-3-1-10(2-4-12)11-5-7-13(19)8-6-11/h1-4,9,11,13,19H,5-8H2. The Bertz CT molecular complexity index is 564. The molecule has 0 unspecified atom stereocenters. The van der Waals surface area contributed by atoms with Crippen molar-refractivity contribution in [3.63, 3.8) is 0 Å². The van der Waals surface area contributed by atoms with Crippen molar-refractivity contribution in [2.75, 3.05) is 0 Å². The molecule has 4 nitrogen and oxygen atoms in total. The molecule has 1 N–H and O–H groups in total. The molecule has 0 spiro atoms. The van der Waals surface area contributed by atoms with Crippen LogP contribution in [0.15, 0.2) is 30.6 Å². The Hall–Kier alpha value is -1.40. The number of aromatic nitrogens is 3. The van der Waals surface area contributed by atoms with Crippen LogP contribution in [0.3, 0.4) is 0 Å². The van der Waals surface area contributed by atoms with Crippen LogP contribution < -0.4 is 0 Å². The van der Waals surface area contributed by atoms with Crippen LogP contribution in [0.5, 0.6) is 0 Å². The van der Waals surface area contributed by atoms with E-state index in [1.165, 1.54) is 15.9 Å². The zero-order chi connectivity index (χ0) is 13.9. The molecule has 1 aliphatic carbocycles. The van der Waals surface area contributed by atoms with E-state index in [4.69, 9.17) is 0 Å². The molecule has 20 heavy (non-hydrogen) atoms. The van der Waals surface area contributed by atoms with E-state index in [1.54, 1.807) is 0 Å². The van der Waals surface area contributed by atoms with Crippen molar-refractivity contribution in [2.45, 2.75) is 37.7 Å². The van der Waals surface area contributed by atoms with Gasteiger partial charge in [0, 0.05) is 5.56 Å². The Morgan fingerprint density at radius 3 is 2.50 bits per heavy atom. The second-order valence-corrected chi connectivity index (χ2v) is 5.71. The van der Waals surface area contributed by atoms with Gasteiger partial charge in [-0.1, -0.05) is 24.3 Å². The Morgan fingerprint density at radius 2 is 1.85 bits per heavy atom. The lowest BCUT2D eigenvalue weighted by atomic mass is 9.82. The highest BCUT2D eigenvalue weighted by Crippen LogP contribution is 2.33. The van der Waals surface area contributed by atoms with Gasteiger partial charge in [0.2, 0.25) is 0 Å². The molecule has 1 aromatic carbocycles. The fourth-order valence-corrected chi connectivity index (χ4v) is 3.06. The summed E-state index contributed by atoms with van der Waals surface area (Å²) in [4.78, 5) is 0. The molecule has 0 bridgehead atoms. The first-order chi connectivity index (χ1) is 9.78. The van der Waals surface area contributed by atoms with Crippen LogP contribution in [0, 0.1) is 0 Å². The molecule has 0 saturated heterocycles. The molecule has 2 aromatic rings. The molecule has 6 heteroatoms. The molecule has 1 aromatic heterocycles. The van der Waals surface area contributed by atoms with Gasteiger partial charge in [0.25, 0.3) is 0 Å². The number of hydrogen-bond acceptors (Lipinski definition) is 4. The van der Waals surface area contributed by atoms with Crippen molar-refractivity contribution in [1.29, 1.82) is 0 Å². The van der Waals surface area contributed by atoms with Crippen LogP contribution in [0.4, 0.5) is 3.89 Å². The topological polar surface area (TPSA) is 50.9 Å². The zero-order valence-corrected chi connectivity index (χ0v) is 11.8. The third-order valence-electron chi connectivity index (χ3n) is 3.93. The second-order valence-electron chi connectivity index (χ2n) is 5.18. The minimum Gasteiger partial charge on any atom is -0.393 e. The van der Waals surface area contributed by atoms with Crippen LogP contribution in [0.2, 0.25) is 0 Å². The number of aliphatic hydroxyl groups is 1. The Labute approximate surface area is 121 Å². The molecule has 1 fully saturated rings. The smallest absolute Gasteiger partial charge is 0.175 e. The number of nitrogens with zero attached hydrogens (tertiary/aromatic N) is 3. The summed E-state index contributed by atoms with van der Waals surface area (Å²) in [5, 5.41) is 17.2. The molecule has 0 amide bonds. The van der Waals surface area contributed by atoms with Gasteiger partial charge in [-0.25, -0.2) is 3.97 Å². The highest BCUT2D eigenvalue weighted by atomic mass is 32.2. The summed E-state index contributed by atoms with van der Waals surface area (Å²) in [5.41, 5.74) is 2.13. The first-order valence-electron chi connectivity index (χ1n) is 6.75. The highest BCUT2D eigenvalue weighted by molar-refractivity contribution is 7.92. The zero-order valence-electron chi connectivity index (χ0n) is 10.9. The van der Waals surface area contributed by atoms with Gasteiger partial charge in [-0.2, -0.15) is 0 Å². The molecule has 106 valence electrons. The van der Waals surface area contributed by atoms with Crippen molar-refractivity contribution in [1.82, 2.24) is 14.2 Å². The van der Waals surface area contributed by atoms with Gasteiger partial charge in [-0.3, -0.25) is 0 Å². The molecular weight excluding hydrogens is 277 g/mol. The van der Waals surface area contributed by atoms with E-state index in [9.17, 15) is 8.99 Å². The highest BCUT2D eigenvalue weighted by Gasteiger charge is 2.20. The van der Waals surface area contributed by atoms with Crippen molar-refractivity contribution in [3.8, 4) is 11.4 Å². The van der Waals surface area contributed by atoms with Gasteiger partial charge in [-0.15, -0.1) is 14.1 Å². The second kappa shape index (κ2) is 5.93. The number of hydrogen-bond donors (Lipinski definition) is 1. The van der Waals surface area contributed by atoms with Gasteiger partial charge in [0.15, 0.2) is 18.2 Å². The van der Waals surface area contributed by atoms with E-state index < -0.39 is 0 Å². The van der Waals surface area contributed by atoms with Gasteiger partial charge in [-0.05, 0) is 37.2 Å². The monoisotopic (exact) mass is 293 g/mol. The first-order valence-corrected chi connectivity index (χ1v) is 7.43. The SMILES string of the molecule is OC1CCC(c2ccc(-c3nncn3SF)cc2)CC1. The third kappa shape index (κ3) is 2.71. The maximum Gasteiger partial charge on any atom is 0.175 e. The summed E-state index contributed by atoms with van der Waals surface area (Å²) >= 11 is 0.0933. The maximum atomic E-state index is 12.7. The van der Waals surface area contributed by atoms with E-state index in [0.29, 0.717) is 11.7 Å². The summed E-state index contributed by atoms with van der Waals surface area (Å²) in [5.74, 6) is 1.03. The number of halogens is 1. The van der Waals surface area contributed by atoms with Gasteiger partial charge >= 0.3 is 0 Å². The van der Waals surface area contributed by atoms with E-state index >= 15 is 0 Å². The van der Waals surface area contributed by atoms with Crippen LogP contribution in [-0.4, -0.2) is 25.4 Å². The summed E-state index contributed by atoms with van der Waals surface area (Å²) < 4.78 is 14.0. The molecule has 0 radical (unpaired) electrons. The average Bonchev–Trinajstić information content (AvgIpc) is 2.97. The van der Waals surface area contributed by atoms with E-state index in [0.717, 1.165) is 31.2 Å². The van der Waals surface area contributed by atoms with E-state index in [-0.39, 0.29) is 18.4 Å². The van der Waals surface area contributed by atoms with Crippen molar-refractivity contribution in [3.05, 3.63) is 36.2 Å². The summed E-state index contributed by atoms with van der Waals surface area (Å²) in [7, 11) is 0. The van der Waals surface area contributed by atoms with E-state index in [1.807, 2.05) is 12.1 Å². The minimum atomic E-state index is -0.134. The first kappa shape index (κ1) is 13.6. The van der Waals surface area contributed by atoms with E-state index in [2.05, 4.69) is 22.3 Å². The lowest BCUT2D eigenvalue weighted by Gasteiger charge is -2.25. The third-order valence-corrected chi connectivity index (χ3v) is 4.34. The fourth-order valence-electron chi connectivity index (χ4n) is 2.78. The lowest BCUT2D eigenvalue weighted by molar-refractivity contribution is 0.122. The minimum absolute atomic E-state index is 0.0933. The largest absolute Gasteiger partial charge is 0.393 e. The lowest BCUT2D eigenvalue weighted by Crippen LogP contribution is -2.16. The maximum absolute atomic E-state index is 12.7. The van der Waals surface area contributed by atoms with Crippen molar-refractivity contribution < 1.29 is 8.99 Å². The van der Waals surface area contributed by atoms with Gasteiger partial charge in [0.05, 0.1) is 6.10 Å². The van der Waals surface area contributed by atoms with Crippen molar-refractivity contribution in [2.24, 2.45) is 0 Å². The summed E-state index contributed by atoms with van der Waals surface area (Å²) in [6, 6.07) is 8.05. The average molecular weight is 293 g/mol. The van der Waals surface area contributed by atoms with Crippen LogP contribution in [0.1, 0.15) is 37.2 Å². The summed E-state index contributed by atoms with van der Waals surface area (Å²) in [6.07, 6.45) is 5.02. The predicted octanol–water partition coefficient (Wildman–Crippen LogP) is 3.34. The summed E-state index contributed by atoms with van der Waals surface area (Å²) in [6.45, 7) is 0. The number of aliphatic hydroxyl groups excluding tert-OH is 1. The molecule has 0 aliphatic heterocycles. The Kier molecular flexibility index (Phi) is 4.03. The fraction of sp³-hybridized carbons (Fsp3) is 0.429. The molecule has 0 atom stereocenters. The van der Waals surface area contributed by atoms with Gasteiger partial charge in [0.1, 0.15) is 6.33 Å². The molecule has 1 saturated carbocycles. The molecule has 3 rings (SSSR count). The normalized spacial score (nSPS) is 22.9. The number of rotatable bonds is 3.